The van der Waals surface area contributed by atoms with E-state index in [0.29, 0.717) is 10.0 Å². The van der Waals surface area contributed by atoms with Gasteiger partial charge in [0.1, 0.15) is 0 Å². The third-order valence-electron chi connectivity index (χ3n) is 9.01. The lowest BCUT2D eigenvalue weighted by Gasteiger charge is -2.31. The molecule has 0 spiro atoms. The lowest BCUT2D eigenvalue weighted by molar-refractivity contribution is 0.590. The van der Waals surface area contributed by atoms with Crippen molar-refractivity contribution >= 4 is 57.3 Å². The maximum Gasteiger partial charge on any atom is 0.0832 e. The molecule has 250 valence electrons. The molecule has 0 saturated heterocycles. The van der Waals surface area contributed by atoms with Gasteiger partial charge in [-0.1, -0.05) is 139 Å². The second kappa shape index (κ2) is 15.2. The first-order valence-corrected chi connectivity index (χ1v) is 18.1. The highest BCUT2D eigenvalue weighted by molar-refractivity contribution is 6.44. The first-order chi connectivity index (χ1) is 22.9. The number of hydrogen-bond donors (Lipinski definition) is 0. The van der Waals surface area contributed by atoms with E-state index in [0.717, 1.165) is 40.5 Å². The number of aryl methyl sites for hydroxylation is 1. The second-order valence-corrected chi connectivity index (χ2v) is 15.6. The molecule has 0 unspecified atom stereocenters. The summed E-state index contributed by atoms with van der Waals surface area (Å²) in [6, 6.07) is 41.3. The van der Waals surface area contributed by atoms with Crippen molar-refractivity contribution < 1.29 is 0 Å². The Morgan fingerprint density at radius 3 is 1.50 bits per heavy atom. The van der Waals surface area contributed by atoms with Crippen LogP contribution in [-0.2, 0) is 17.3 Å². The van der Waals surface area contributed by atoms with Crippen LogP contribution in [0.3, 0.4) is 0 Å². The molecule has 0 aliphatic rings. The lowest BCUT2D eigenvalue weighted by Crippen LogP contribution is -2.15. The van der Waals surface area contributed by atoms with E-state index in [1.807, 2.05) is 18.2 Å². The van der Waals surface area contributed by atoms with E-state index in [1.165, 1.54) is 42.4 Å². The van der Waals surface area contributed by atoms with Crippen LogP contribution < -0.4 is 9.80 Å². The Morgan fingerprint density at radius 2 is 0.979 bits per heavy atom. The van der Waals surface area contributed by atoms with Gasteiger partial charge in [0.15, 0.2) is 0 Å². The molecule has 0 radical (unpaired) electrons. The first-order valence-electron chi connectivity index (χ1n) is 17.3. The van der Waals surface area contributed by atoms with Crippen molar-refractivity contribution in [3.63, 3.8) is 0 Å². The summed E-state index contributed by atoms with van der Waals surface area (Å²) in [5, 5.41) is 1.06. The van der Waals surface area contributed by atoms with Gasteiger partial charge in [-0.2, -0.15) is 0 Å². The van der Waals surface area contributed by atoms with Gasteiger partial charge in [0.05, 0.1) is 15.7 Å². The molecule has 0 aliphatic carbocycles. The predicted molar refractivity (Wildman–Crippen MR) is 211 cm³/mol. The fourth-order valence-corrected chi connectivity index (χ4v) is 6.48. The van der Waals surface area contributed by atoms with E-state index in [9.17, 15) is 0 Å². The molecule has 0 atom stereocenters. The monoisotopic (exact) mass is 676 g/mol. The summed E-state index contributed by atoms with van der Waals surface area (Å²) in [4.78, 5) is 4.54. The maximum atomic E-state index is 6.93. The topological polar surface area (TPSA) is 6.48 Å². The van der Waals surface area contributed by atoms with Gasteiger partial charge >= 0.3 is 0 Å². The van der Waals surface area contributed by atoms with Gasteiger partial charge in [-0.3, -0.25) is 0 Å². The molecule has 5 aromatic rings. The van der Waals surface area contributed by atoms with Gasteiger partial charge in [-0.25, -0.2) is 0 Å². The smallest absolute Gasteiger partial charge is 0.0832 e. The highest BCUT2D eigenvalue weighted by Crippen LogP contribution is 2.44. The molecule has 0 amide bonds. The van der Waals surface area contributed by atoms with Crippen molar-refractivity contribution in [2.45, 2.75) is 91.4 Å². The molecule has 2 nitrogen and oxygen atoms in total. The molecule has 0 aliphatic heterocycles. The van der Waals surface area contributed by atoms with Gasteiger partial charge in [-0.05, 0) is 107 Å². The number of rotatable bonds is 11. The fourth-order valence-electron chi connectivity index (χ4n) is 6.10. The number of nitrogens with zero attached hydrogens (tertiary/aromatic N) is 2. The summed E-state index contributed by atoms with van der Waals surface area (Å²) >= 11 is 13.5. The van der Waals surface area contributed by atoms with Gasteiger partial charge in [0.2, 0.25) is 0 Å². The van der Waals surface area contributed by atoms with Crippen molar-refractivity contribution in [3.05, 3.63) is 142 Å². The zero-order valence-electron chi connectivity index (χ0n) is 29.7. The van der Waals surface area contributed by atoms with Gasteiger partial charge in [0.25, 0.3) is 0 Å². The molecular formula is C44H50Cl2N2. The lowest BCUT2D eigenvalue weighted by atomic mass is 9.86. The zero-order chi connectivity index (χ0) is 34.5. The highest BCUT2D eigenvalue weighted by atomic mass is 35.5. The Morgan fingerprint density at radius 1 is 0.500 bits per heavy atom. The number of unbranched alkanes of at least 4 members (excludes halogenated alkanes) is 3. The summed E-state index contributed by atoms with van der Waals surface area (Å²) in [6.07, 6.45) is 6.10. The maximum absolute atomic E-state index is 6.93. The normalized spacial score (nSPS) is 11.9. The van der Waals surface area contributed by atoms with Crippen LogP contribution in [-0.4, -0.2) is 0 Å². The minimum atomic E-state index is 0.0689. The Kier molecular flexibility index (Phi) is 11.3. The average molecular weight is 678 g/mol. The summed E-state index contributed by atoms with van der Waals surface area (Å²) in [7, 11) is 0. The van der Waals surface area contributed by atoms with Crippen LogP contribution >= 0.6 is 23.2 Å². The minimum absolute atomic E-state index is 0.0689. The molecule has 0 bridgehead atoms. The van der Waals surface area contributed by atoms with Crippen LogP contribution in [0.4, 0.5) is 34.1 Å². The molecule has 4 heteroatoms. The Labute approximate surface area is 299 Å². The standard InChI is InChI=1S/C44H50Cl2N2/c1-8-9-10-11-14-32-19-25-37(26-20-32)48(41-18-13-17-40(45)42(41)46)39-16-12-15-38(31-39)47(35-27-21-33(22-28-35)43(2,3)4)36-29-23-34(24-30-36)44(5,6)7/h12-13,15-31H,8-11,14H2,1-7H3. The van der Waals surface area contributed by atoms with Crippen LogP contribution in [0.1, 0.15) is 90.8 Å². The summed E-state index contributed by atoms with van der Waals surface area (Å²) < 4.78 is 0. The van der Waals surface area contributed by atoms with E-state index in [-0.39, 0.29) is 10.8 Å². The van der Waals surface area contributed by atoms with Gasteiger partial charge in [0, 0.05) is 28.4 Å². The van der Waals surface area contributed by atoms with Crippen LogP contribution in [0, 0.1) is 0 Å². The van der Waals surface area contributed by atoms with E-state index < -0.39 is 0 Å². The summed E-state index contributed by atoms with van der Waals surface area (Å²) in [6.45, 7) is 15.8. The Bertz CT molecular complexity index is 1720. The first kappa shape index (κ1) is 35.6. The molecule has 48 heavy (non-hydrogen) atoms. The van der Waals surface area contributed by atoms with Crippen LogP contribution in [0.5, 0.6) is 0 Å². The molecule has 5 aromatic carbocycles. The number of anilines is 6. The predicted octanol–water partition coefficient (Wildman–Crippen LogP) is 14.7. The minimum Gasteiger partial charge on any atom is -0.310 e. The van der Waals surface area contributed by atoms with E-state index in [2.05, 4.69) is 155 Å². The number of benzene rings is 5. The molecule has 5 rings (SSSR count). The number of halogens is 2. The fraction of sp³-hybridized carbons (Fsp3) is 0.318. The second-order valence-electron chi connectivity index (χ2n) is 14.8. The third-order valence-corrected chi connectivity index (χ3v) is 9.82. The van der Waals surface area contributed by atoms with Gasteiger partial charge < -0.3 is 9.80 Å². The molecular weight excluding hydrogens is 627 g/mol. The number of hydrogen-bond acceptors (Lipinski definition) is 2. The molecule has 0 heterocycles. The summed E-state index contributed by atoms with van der Waals surface area (Å²) in [5.41, 5.74) is 10.2. The molecule has 0 aromatic heterocycles. The van der Waals surface area contributed by atoms with E-state index >= 15 is 0 Å². The largest absolute Gasteiger partial charge is 0.310 e. The van der Waals surface area contributed by atoms with Gasteiger partial charge in [-0.15, -0.1) is 0 Å². The van der Waals surface area contributed by atoms with Crippen LogP contribution in [0.25, 0.3) is 0 Å². The third kappa shape index (κ3) is 8.46. The van der Waals surface area contributed by atoms with Crippen LogP contribution in [0.2, 0.25) is 10.0 Å². The SMILES string of the molecule is CCCCCCc1ccc(N(c2cccc(N(c3ccc(C(C)(C)C)cc3)c3ccc(C(C)(C)C)cc3)c2)c2cccc(Cl)c2Cl)cc1. The van der Waals surface area contributed by atoms with E-state index in [4.69, 9.17) is 23.2 Å². The molecule has 0 N–H and O–H groups in total. The Balaban J connectivity index is 1.61. The van der Waals surface area contributed by atoms with Crippen molar-refractivity contribution in [1.29, 1.82) is 0 Å². The quantitative estimate of drug-likeness (QED) is 0.128. The molecule has 0 saturated carbocycles. The van der Waals surface area contributed by atoms with Crippen molar-refractivity contribution in [2.24, 2.45) is 0 Å². The zero-order valence-corrected chi connectivity index (χ0v) is 31.2. The Hall–Kier alpha value is -3.72. The van der Waals surface area contributed by atoms with Crippen molar-refractivity contribution in [3.8, 4) is 0 Å². The van der Waals surface area contributed by atoms with Crippen molar-refractivity contribution in [1.82, 2.24) is 0 Å². The highest BCUT2D eigenvalue weighted by Gasteiger charge is 2.21. The average Bonchev–Trinajstić information content (AvgIpc) is 3.06. The molecule has 0 fully saturated rings. The van der Waals surface area contributed by atoms with Crippen molar-refractivity contribution in [2.75, 3.05) is 9.80 Å². The summed E-state index contributed by atoms with van der Waals surface area (Å²) in [5.74, 6) is 0. The van der Waals surface area contributed by atoms with E-state index in [1.54, 1.807) is 0 Å². The van der Waals surface area contributed by atoms with Crippen LogP contribution in [0.15, 0.2) is 115 Å².